The minimum Gasteiger partial charge on any atom is -0.493 e. The summed E-state index contributed by atoms with van der Waals surface area (Å²) in [5, 5.41) is 4.84. The van der Waals surface area contributed by atoms with E-state index in [1.165, 1.54) is 0 Å². The van der Waals surface area contributed by atoms with Crippen molar-refractivity contribution < 1.29 is 19.0 Å². The summed E-state index contributed by atoms with van der Waals surface area (Å²) in [6, 6.07) is 15.8. The Morgan fingerprint density at radius 2 is 1.62 bits per heavy atom. The average molecular weight is 495 g/mol. The van der Waals surface area contributed by atoms with Crippen LogP contribution in [0, 0.1) is 0 Å². The number of hydrogen-bond donors (Lipinski definition) is 1. The van der Waals surface area contributed by atoms with Crippen LogP contribution in [0.1, 0.15) is 28.4 Å². The van der Waals surface area contributed by atoms with E-state index in [-0.39, 0.29) is 12.6 Å². The van der Waals surface area contributed by atoms with Crippen LogP contribution in [0.15, 0.2) is 54.6 Å². The molecule has 0 unspecified atom stereocenters. The Hall–Kier alpha value is -2.60. The topological polar surface area (TPSA) is 56.8 Å². The maximum Gasteiger partial charge on any atom is 0.338 e. The third kappa shape index (κ3) is 6.00. The second-order valence-electron chi connectivity index (χ2n) is 6.73. The molecule has 0 saturated carbocycles. The first kappa shape index (κ1) is 24.1. The minimum absolute atomic E-state index is 0.176. The molecule has 3 rings (SSSR count). The molecular formula is C24H22Cl3NO4. The Labute approximate surface area is 202 Å². The van der Waals surface area contributed by atoms with Crippen LogP contribution in [0.2, 0.25) is 15.1 Å². The van der Waals surface area contributed by atoms with Crippen molar-refractivity contribution in [1.29, 1.82) is 0 Å². The van der Waals surface area contributed by atoms with Gasteiger partial charge >= 0.3 is 5.97 Å². The predicted molar refractivity (Wildman–Crippen MR) is 129 cm³/mol. The van der Waals surface area contributed by atoms with Crippen LogP contribution in [0.4, 0.5) is 5.69 Å². The SMILES string of the molecule is CCOC(=O)c1ccc(NCc2cc(OC)c(OCc3c(Cl)cccc3Cl)cc2Cl)cc1. The van der Waals surface area contributed by atoms with Crippen molar-refractivity contribution in [3.05, 3.63) is 86.4 Å². The van der Waals surface area contributed by atoms with E-state index in [2.05, 4.69) is 5.32 Å². The smallest absolute Gasteiger partial charge is 0.338 e. The summed E-state index contributed by atoms with van der Waals surface area (Å²) in [5.41, 5.74) is 2.84. The highest BCUT2D eigenvalue weighted by Gasteiger charge is 2.13. The van der Waals surface area contributed by atoms with Crippen molar-refractivity contribution >= 4 is 46.5 Å². The second-order valence-corrected chi connectivity index (χ2v) is 7.96. The number of ether oxygens (including phenoxy) is 3. The lowest BCUT2D eigenvalue weighted by atomic mass is 10.1. The van der Waals surface area contributed by atoms with Crippen LogP contribution in [-0.2, 0) is 17.9 Å². The van der Waals surface area contributed by atoms with Gasteiger partial charge in [-0.25, -0.2) is 4.79 Å². The highest BCUT2D eigenvalue weighted by molar-refractivity contribution is 6.36. The van der Waals surface area contributed by atoms with Gasteiger partial charge in [0.25, 0.3) is 0 Å². The Kier molecular flexibility index (Phi) is 8.51. The number of rotatable bonds is 9. The van der Waals surface area contributed by atoms with Gasteiger partial charge in [0.1, 0.15) is 6.61 Å². The number of methoxy groups -OCH3 is 1. The molecule has 8 heteroatoms. The van der Waals surface area contributed by atoms with Gasteiger partial charge in [0.15, 0.2) is 11.5 Å². The fourth-order valence-electron chi connectivity index (χ4n) is 2.94. The number of halogens is 3. The van der Waals surface area contributed by atoms with E-state index in [9.17, 15) is 4.79 Å². The molecule has 0 aliphatic rings. The first-order chi connectivity index (χ1) is 15.4. The van der Waals surface area contributed by atoms with Crippen molar-refractivity contribution in [1.82, 2.24) is 0 Å². The van der Waals surface area contributed by atoms with Crippen molar-refractivity contribution in [3.8, 4) is 11.5 Å². The van der Waals surface area contributed by atoms with Gasteiger partial charge in [-0.05, 0) is 55.0 Å². The van der Waals surface area contributed by atoms with Crippen molar-refractivity contribution in [2.75, 3.05) is 19.0 Å². The molecule has 0 amide bonds. The van der Waals surface area contributed by atoms with Gasteiger partial charge in [-0.2, -0.15) is 0 Å². The summed E-state index contributed by atoms with van der Waals surface area (Å²) in [7, 11) is 1.56. The van der Waals surface area contributed by atoms with Crippen molar-refractivity contribution in [3.63, 3.8) is 0 Å². The monoisotopic (exact) mass is 493 g/mol. The molecule has 0 radical (unpaired) electrons. The zero-order valence-electron chi connectivity index (χ0n) is 17.6. The van der Waals surface area contributed by atoms with E-state index in [1.807, 2.05) is 18.2 Å². The largest absolute Gasteiger partial charge is 0.493 e. The summed E-state index contributed by atoms with van der Waals surface area (Å²) >= 11 is 18.9. The lowest BCUT2D eigenvalue weighted by Gasteiger charge is -2.15. The molecule has 168 valence electrons. The number of anilines is 1. The molecule has 0 atom stereocenters. The standard InChI is InChI=1S/C24H22Cl3NO4/c1-3-31-24(29)15-7-9-17(10-8-15)28-13-16-11-22(30-2)23(12-21(16)27)32-14-18-19(25)5-4-6-20(18)26/h4-12,28H,3,13-14H2,1-2H3. The molecule has 3 aromatic rings. The lowest BCUT2D eigenvalue weighted by molar-refractivity contribution is 0.0526. The van der Waals surface area contributed by atoms with Crippen LogP contribution in [0.3, 0.4) is 0 Å². The molecule has 3 aromatic carbocycles. The van der Waals surface area contributed by atoms with Gasteiger partial charge < -0.3 is 19.5 Å². The molecule has 0 spiro atoms. The number of nitrogens with one attached hydrogen (secondary N) is 1. The molecule has 32 heavy (non-hydrogen) atoms. The normalized spacial score (nSPS) is 10.5. The zero-order valence-corrected chi connectivity index (χ0v) is 19.9. The summed E-state index contributed by atoms with van der Waals surface area (Å²) in [6.07, 6.45) is 0. The summed E-state index contributed by atoms with van der Waals surface area (Å²) < 4.78 is 16.4. The average Bonchev–Trinajstić information content (AvgIpc) is 2.78. The molecule has 0 aliphatic heterocycles. The summed E-state index contributed by atoms with van der Waals surface area (Å²) in [6.45, 7) is 2.73. The van der Waals surface area contributed by atoms with Crippen molar-refractivity contribution in [2.24, 2.45) is 0 Å². The molecule has 0 saturated heterocycles. The summed E-state index contributed by atoms with van der Waals surface area (Å²) in [4.78, 5) is 11.8. The van der Waals surface area contributed by atoms with E-state index in [1.54, 1.807) is 50.4 Å². The Balaban J connectivity index is 1.69. The molecular weight excluding hydrogens is 473 g/mol. The molecule has 0 aliphatic carbocycles. The van der Waals surface area contributed by atoms with Crippen LogP contribution in [-0.4, -0.2) is 19.7 Å². The second kappa shape index (κ2) is 11.3. The number of esters is 1. The fourth-order valence-corrected chi connectivity index (χ4v) is 3.67. The van der Waals surface area contributed by atoms with Gasteiger partial charge in [0, 0.05) is 38.9 Å². The van der Waals surface area contributed by atoms with E-state index in [0.717, 1.165) is 11.3 Å². The molecule has 0 bridgehead atoms. The van der Waals surface area contributed by atoms with E-state index < -0.39 is 0 Å². The van der Waals surface area contributed by atoms with Gasteiger partial charge in [-0.15, -0.1) is 0 Å². The van der Waals surface area contributed by atoms with E-state index >= 15 is 0 Å². The van der Waals surface area contributed by atoms with Crippen LogP contribution < -0.4 is 14.8 Å². The molecule has 0 aromatic heterocycles. The third-order valence-electron chi connectivity index (χ3n) is 4.65. The van der Waals surface area contributed by atoms with Gasteiger partial charge in [0.05, 0.1) is 19.3 Å². The summed E-state index contributed by atoms with van der Waals surface area (Å²) in [5.74, 6) is 0.670. The van der Waals surface area contributed by atoms with Crippen molar-refractivity contribution in [2.45, 2.75) is 20.1 Å². The van der Waals surface area contributed by atoms with Gasteiger partial charge in [-0.1, -0.05) is 40.9 Å². The zero-order chi connectivity index (χ0) is 23.1. The quantitative estimate of drug-likeness (QED) is 0.324. The molecule has 5 nitrogen and oxygen atoms in total. The predicted octanol–water partition coefficient (Wildman–Crippen LogP) is 7.02. The van der Waals surface area contributed by atoms with E-state index in [0.29, 0.717) is 50.8 Å². The minimum atomic E-state index is -0.347. The highest BCUT2D eigenvalue weighted by Crippen LogP contribution is 2.35. The Morgan fingerprint density at radius 1 is 0.938 bits per heavy atom. The van der Waals surface area contributed by atoms with Gasteiger partial charge in [0.2, 0.25) is 0 Å². The number of carbonyl (C=O) groups excluding carboxylic acids is 1. The Bertz CT molecular complexity index is 1070. The lowest BCUT2D eigenvalue weighted by Crippen LogP contribution is -2.05. The number of benzene rings is 3. The number of hydrogen-bond acceptors (Lipinski definition) is 5. The maximum absolute atomic E-state index is 11.8. The van der Waals surface area contributed by atoms with Crippen LogP contribution >= 0.6 is 34.8 Å². The van der Waals surface area contributed by atoms with Crippen LogP contribution in [0.5, 0.6) is 11.5 Å². The maximum atomic E-state index is 11.8. The first-order valence-corrected chi connectivity index (χ1v) is 11.0. The molecule has 0 fully saturated rings. The fraction of sp³-hybridized carbons (Fsp3) is 0.208. The van der Waals surface area contributed by atoms with Gasteiger partial charge in [-0.3, -0.25) is 0 Å². The van der Waals surface area contributed by atoms with Crippen LogP contribution in [0.25, 0.3) is 0 Å². The first-order valence-electron chi connectivity index (χ1n) is 9.86. The third-order valence-corrected chi connectivity index (χ3v) is 5.71. The molecule has 0 heterocycles. The highest BCUT2D eigenvalue weighted by atomic mass is 35.5. The molecule has 1 N–H and O–H groups in total. The Morgan fingerprint density at radius 3 is 2.25 bits per heavy atom. The number of carbonyl (C=O) groups is 1. The van der Waals surface area contributed by atoms with E-state index in [4.69, 9.17) is 49.0 Å².